The molecule has 8 nitrogen and oxygen atoms in total. The Labute approximate surface area is 178 Å². The van der Waals surface area contributed by atoms with E-state index in [9.17, 15) is 9.90 Å². The van der Waals surface area contributed by atoms with Crippen LogP contribution in [0.1, 0.15) is 24.6 Å². The molecule has 0 saturated carbocycles. The Balaban J connectivity index is 0.00000124. The van der Waals surface area contributed by atoms with Gasteiger partial charge in [-0.05, 0) is 36.1 Å². The van der Waals surface area contributed by atoms with Gasteiger partial charge in [0, 0.05) is 6.20 Å². The first kappa shape index (κ1) is 21.6. The Hall–Kier alpha value is -3.12. The number of carbonyl (C=O) groups is 1. The number of benzene rings is 1. The fraction of sp³-hybridized carbons (Fsp3) is 0.286. The van der Waals surface area contributed by atoms with Crippen LogP contribution in [0.4, 0.5) is 10.6 Å². The maximum Gasteiger partial charge on any atom is 0.413 e. The van der Waals surface area contributed by atoms with Crippen LogP contribution in [0.5, 0.6) is 0 Å². The van der Waals surface area contributed by atoms with E-state index in [1.807, 2.05) is 34.9 Å². The van der Waals surface area contributed by atoms with Gasteiger partial charge in [0.2, 0.25) is 5.28 Å². The van der Waals surface area contributed by atoms with Gasteiger partial charge < -0.3 is 19.1 Å². The van der Waals surface area contributed by atoms with Crippen molar-refractivity contribution < 1.29 is 19.4 Å². The predicted octanol–water partition coefficient (Wildman–Crippen LogP) is 3.75. The fourth-order valence-electron chi connectivity index (χ4n) is 3.22. The molecule has 2 N–H and O–H groups in total. The molecule has 156 valence electrons. The summed E-state index contributed by atoms with van der Waals surface area (Å²) in [7, 11) is 0. The monoisotopic (exact) mass is 428 g/mol. The highest BCUT2D eigenvalue weighted by Crippen LogP contribution is 2.33. The molecule has 0 aliphatic carbocycles. The highest BCUT2D eigenvalue weighted by Gasteiger charge is 2.27. The van der Waals surface area contributed by atoms with Gasteiger partial charge in [-0.1, -0.05) is 30.3 Å². The Bertz CT molecular complexity index is 1020. The number of amides is 1. The molecule has 1 fully saturated rings. The zero-order valence-electron chi connectivity index (χ0n) is 16.1. The molecule has 1 saturated heterocycles. The van der Waals surface area contributed by atoms with Gasteiger partial charge in [-0.15, -0.1) is 12.8 Å². The summed E-state index contributed by atoms with van der Waals surface area (Å²) in [5.74, 6) is 0.267. The second-order valence-electron chi connectivity index (χ2n) is 6.46. The number of hydrogen-bond acceptors (Lipinski definition) is 6. The number of fused-ring (bicyclic) bond motifs is 1. The van der Waals surface area contributed by atoms with Crippen molar-refractivity contribution in [1.29, 1.82) is 0 Å². The molecule has 0 bridgehead atoms. The topological polar surface area (TPSA) is 98.5 Å². The van der Waals surface area contributed by atoms with E-state index < -0.39 is 6.09 Å². The average molecular weight is 429 g/mol. The van der Waals surface area contributed by atoms with Crippen molar-refractivity contribution in [3.05, 3.63) is 53.4 Å². The standard InChI is InChI=1S/C19H19ClN4O4.C2H2/c20-18-21-16(22-19(26)27-11-12-4-2-1-3-5-12)14-8-9-24(17(14)23-18)15-7-6-13(10-25)28-15;1-2/h1-5,8-9,13,15,25H,6-7,10-11H2,(H,21,22,23,26);1-2H. The summed E-state index contributed by atoms with van der Waals surface area (Å²) in [4.78, 5) is 20.6. The number of aromatic nitrogens is 3. The Morgan fingerprint density at radius 1 is 1.27 bits per heavy atom. The molecule has 9 heteroatoms. The summed E-state index contributed by atoms with van der Waals surface area (Å²) in [6.45, 7) is 0.125. The molecule has 2 atom stereocenters. The van der Waals surface area contributed by atoms with Crippen molar-refractivity contribution in [2.75, 3.05) is 11.9 Å². The highest BCUT2D eigenvalue weighted by molar-refractivity contribution is 6.28. The zero-order valence-corrected chi connectivity index (χ0v) is 16.8. The lowest BCUT2D eigenvalue weighted by Gasteiger charge is -2.15. The largest absolute Gasteiger partial charge is 0.444 e. The van der Waals surface area contributed by atoms with Crippen LogP contribution in [0.25, 0.3) is 11.0 Å². The van der Waals surface area contributed by atoms with E-state index in [0.717, 1.165) is 18.4 Å². The SMILES string of the molecule is C#C.O=C(Nc1nc(Cl)nc2c1ccn2C1CCC(CO)O1)OCc1ccccc1. The molecule has 2 unspecified atom stereocenters. The second-order valence-corrected chi connectivity index (χ2v) is 6.80. The van der Waals surface area contributed by atoms with Gasteiger partial charge in [0.15, 0.2) is 0 Å². The van der Waals surface area contributed by atoms with Gasteiger partial charge in [-0.3, -0.25) is 5.32 Å². The number of hydrogen-bond donors (Lipinski definition) is 2. The lowest BCUT2D eigenvalue weighted by atomic mass is 10.2. The fourth-order valence-corrected chi connectivity index (χ4v) is 3.38. The van der Waals surface area contributed by atoms with E-state index >= 15 is 0 Å². The Morgan fingerprint density at radius 3 is 2.73 bits per heavy atom. The lowest BCUT2D eigenvalue weighted by molar-refractivity contribution is -0.0204. The summed E-state index contributed by atoms with van der Waals surface area (Å²) < 4.78 is 12.9. The van der Waals surface area contributed by atoms with Crippen LogP contribution in [0.15, 0.2) is 42.6 Å². The molecule has 0 spiro atoms. The molecule has 3 aromatic rings. The molecule has 1 amide bonds. The van der Waals surface area contributed by atoms with Gasteiger partial charge in [-0.2, -0.15) is 9.97 Å². The maximum absolute atomic E-state index is 12.2. The third-order valence-electron chi connectivity index (χ3n) is 4.58. The normalized spacial score (nSPS) is 17.9. The van der Waals surface area contributed by atoms with E-state index in [1.54, 1.807) is 12.3 Å². The minimum Gasteiger partial charge on any atom is -0.444 e. The summed E-state index contributed by atoms with van der Waals surface area (Å²) in [6.07, 6.45) is 10.2. The maximum atomic E-state index is 12.2. The summed E-state index contributed by atoms with van der Waals surface area (Å²) in [5, 5.41) is 12.5. The number of rotatable bonds is 5. The van der Waals surface area contributed by atoms with Crippen molar-refractivity contribution in [2.45, 2.75) is 31.8 Å². The zero-order chi connectivity index (χ0) is 21.5. The van der Waals surface area contributed by atoms with Crippen LogP contribution >= 0.6 is 11.6 Å². The van der Waals surface area contributed by atoms with E-state index in [2.05, 4.69) is 28.1 Å². The quantitative estimate of drug-likeness (QED) is 0.474. The summed E-state index contributed by atoms with van der Waals surface area (Å²) in [5.41, 5.74) is 1.42. The molecule has 3 heterocycles. The van der Waals surface area contributed by atoms with Crippen molar-refractivity contribution in [3.63, 3.8) is 0 Å². The first-order valence-electron chi connectivity index (χ1n) is 9.25. The first-order valence-corrected chi connectivity index (χ1v) is 9.63. The van der Waals surface area contributed by atoms with Crippen LogP contribution in [0, 0.1) is 12.8 Å². The predicted molar refractivity (Wildman–Crippen MR) is 113 cm³/mol. The van der Waals surface area contributed by atoms with E-state index in [4.69, 9.17) is 21.1 Å². The molecule has 2 aromatic heterocycles. The number of halogens is 1. The smallest absolute Gasteiger partial charge is 0.413 e. The first-order chi connectivity index (χ1) is 14.6. The van der Waals surface area contributed by atoms with Gasteiger partial charge in [0.25, 0.3) is 0 Å². The molecule has 0 radical (unpaired) electrons. The van der Waals surface area contributed by atoms with Crippen molar-refractivity contribution in [2.24, 2.45) is 0 Å². The number of aliphatic hydroxyl groups excluding tert-OH is 1. The van der Waals surface area contributed by atoms with Crippen LogP contribution in [-0.2, 0) is 16.1 Å². The summed E-state index contributed by atoms with van der Waals surface area (Å²) >= 11 is 6.06. The van der Waals surface area contributed by atoms with Crippen molar-refractivity contribution in [3.8, 4) is 12.8 Å². The third-order valence-corrected chi connectivity index (χ3v) is 4.75. The lowest BCUT2D eigenvalue weighted by Crippen LogP contribution is -2.16. The number of nitrogens with zero attached hydrogens (tertiary/aromatic N) is 3. The van der Waals surface area contributed by atoms with E-state index in [1.165, 1.54) is 0 Å². The van der Waals surface area contributed by atoms with E-state index in [0.29, 0.717) is 11.0 Å². The van der Waals surface area contributed by atoms with Crippen molar-refractivity contribution in [1.82, 2.24) is 14.5 Å². The second kappa shape index (κ2) is 10.1. The molecule has 1 aliphatic heterocycles. The number of aliphatic hydroxyl groups is 1. The van der Waals surface area contributed by atoms with Crippen LogP contribution in [0.3, 0.4) is 0 Å². The van der Waals surface area contributed by atoms with Crippen LogP contribution in [0.2, 0.25) is 5.28 Å². The molecule has 1 aromatic carbocycles. The number of carbonyl (C=O) groups excluding carboxylic acids is 1. The summed E-state index contributed by atoms with van der Waals surface area (Å²) in [6, 6.07) is 11.2. The van der Waals surface area contributed by atoms with Crippen LogP contribution in [-0.4, -0.2) is 38.4 Å². The minimum atomic E-state index is -0.634. The molecular formula is C21H21ClN4O4. The average Bonchev–Trinajstić information content (AvgIpc) is 3.41. The Morgan fingerprint density at radius 2 is 2.03 bits per heavy atom. The number of nitrogens with one attached hydrogen (secondary N) is 1. The van der Waals surface area contributed by atoms with Crippen LogP contribution < -0.4 is 5.32 Å². The third kappa shape index (κ3) is 4.89. The van der Waals surface area contributed by atoms with Gasteiger partial charge in [0.05, 0.1) is 18.1 Å². The van der Waals surface area contributed by atoms with Gasteiger partial charge >= 0.3 is 6.09 Å². The molecule has 4 rings (SSSR count). The number of anilines is 1. The van der Waals surface area contributed by atoms with Gasteiger partial charge in [-0.25, -0.2) is 4.79 Å². The molecule has 30 heavy (non-hydrogen) atoms. The van der Waals surface area contributed by atoms with Gasteiger partial charge in [0.1, 0.15) is 24.3 Å². The Kier molecular flexibility index (Phi) is 7.25. The van der Waals surface area contributed by atoms with Crippen molar-refractivity contribution >= 4 is 34.5 Å². The molecule has 1 aliphatic rings. The molecular weight excluding hydrogens is 408 g/mol. The highest BCUT2D eigenvalue weighted by atomic mass is 35.5. The van der Waals surface area contributed by atoms with E-state index in [-0.39, 0.29) is 36.6 Å². The minimum absolute atomic E-state index is 0.00233. The number of terminal acetylenes is 1. The number of ether oxygens (including phenoxy) is 2.